The maximum atomic E-state index is 5.38. The van der Waals surface area contributed by atoms with E-state index in [9.17, 15) is 0 Å². The molecule has 0 aliphatic heterocycles. The molecule has 0 aliphatic carbocycles. The Labute approximate surface area is 81.8 Å². The Bertz CT molecular complexity index is 104. The lowest BCUT2D eigenvalue weighted by Crippen LogP contribution is -2.23. The van der Waals surface area contributed by atoms with Crippen LogP contribution in [0.3, 0.4) is 0 Å². The number of nitrogens with two attached hydrogens (primary N) is 1. The molecule has 0 rings (SSSR count). The SMILES string of the molecule is C=CCNCCCNCCCCN. The highest BCUT2D eigenvalue weighted by molar-refractivity contribution is 4.69. The summed E-state index contributed by atoms with van der Waals surface area (Å²) in [5.41, 5.74) is 5.38. The summed E-state index contributed by atoms with van der Waals surface area (Å²) in [6, 6.07) is 0. The molecule has 0 atom stereocenters. The van der Waals surface area contributed by atoms with E-state index in [0.717, 1.165) is 39.1 Å². The fourth-order valence-corrected chi connectivity index (χ4v) is 1.06. The average Bonchev–Trinajstić information content (AvgIpc) is 2.16. The minimum Gasteiger partial charge on any atom is -0.330 e. The van der Waals surface area contributed by atoms with Gasteiger partial charge in [-0.15, -0.1) is 6.58 Å². The van der Waals surface area contributed by atoms with E-state index in [2.05, 4.69) is 17.2 Å². The lowest BCUT2D eigenvalue weighted by atomic mass is 10.3. The first-order valence-corrected chi connectivity index (χ1v) is 5.14. The minimum atomic E-state index is 0.808. The van der Waals surface area contributed by atoms with Gasteiger partial charge in [0.15, 0.2) is 0 Å². The van der Waals surface area contributed by atoms with Gasteiger partial charge in [-0.1, -0.05) is 6.08 Å². The third-order valence-electron chi connectivity index (χ3n) is 1.80. The molecule has 0 aromatic rings. The molecular formula is C10H23N3. The van der Waals surface area contributed by atoms with E-state index >= 15 is 0 Å². The van der Waals surface area contributed by atoms with E-state index in [0.29, 0.717) is 0 Å². The monoisotopic (exact) mass is 185 g/mol. The predicted molar refractivity (Wildman–Crippen MR) is 58.8 cm³/mol. The first-order valence-electron chi connectivity index (χ1n) is 5.14. The Morgan fingerprint density at radius 1 is 1.00 bits per heavy atom. The molecule has 78 valence electrons. The smallest absolute Gasteiger partial charge is 0.0132 e. The number of unbranched alkanes of at least 4 members (excludes halogenated alkanes) is 1. The first-order chi connectivity index (χ1) is 6.41. The molecule has 0 saturated heterocycles. The summed E-state index contributed by atoms with van der Waals surface area (Å²) in [4.78, 5) is 0. The third-order valence-corrected chi connectivity index (χ3v) is 1.80. The summed E-state index contributed by atoms with van der Waals surface area (Å²) in [7, 11) is 0. The second-order valence-corrected chi connectivity index (χ2v) is 3.09. The summed E-state index contributed by atoms with van der Waals surface area (Å²) >= 11 is 0. The average molecular weight is 185 g/mol. The Kier molecular flexibility index (Phi) is 11.3. The fourth-order valence-electron chi connectivity index (χ4n) is 1.06. The van der Waals surface area contributed by atoms with Crippen LogP contribution in [-0.2, 0) is 0 Å². The molecule has 0 aliphatic rings. The molecular weight excluding hydrogens is 162 g/mol. The van der Waals surface area contributed by atoms with Crippen LogP contribution in [0.5, 0.6) is 0 Å². The van der Waals surface area contributed by atoms with Crippen LogP contribution >= 0.6 is 0 Å². The summed E-state index contributed by atoms with van der Waals surface area (Å²) in [5.74, 6) is 0. The molecule has 0 heterocycles. The maximum Gasteiger partial charge on any atom is 0.0132 e. The van der Waals surface area contributed by atoms with Gasteiger partial charge in [-0.2, -0.15) is 0 Å². The number of hydrogen-bond acceptors (Lipinski definition) is 3. The van der Waals surface area contributed by atoms with Crippen molar-refractivity contribution in [3.63, 3.8) is 0 Å². The molecule has 4 N–H and O–H groups in total. The van der Waals surface area contributed by atoms with E-state index in [-0.39, 0.29) is 0 Å². The van der Waals surface area contributed by atoms with Gasteiger partial charge in [-0.25, -0.2) is 0 Å². The summed E-state index contributed by atoms with van der Waals surface area (Å²) in [5, 5.41) is 6.63. The number of hydrogen-bond donors (Lipinski definition) is 3. The molecule has 0 radical (unpaired) electrons. The molecule has 0 aromatic carbocycles. The first kappa shape index (κ1) is 12.6. The van der Waals surface area contributed by atoms with Gasteiger partial charge in [0.2, 0.25) is 0 Å². The highest BCUT2D eigenvalue weighted by Gasteiger charge is 1.87. The molecule has 0 aromatic heterocycles. The Hall–Kier alpha value is -0.380. The molecule has 0 spiro atoms. The van der Waals surface area contributed by atoms with Crippen LogP contribution in [0.4, 0.5) is 0 Å². The topological polar surface area (TPSA) is 50.1 Å². The highest BCUT2D eigenvalue weighted by atomic mass is 14.9. The maximum absolute atomic E-state index is 5.38. The van der Waals surface area contributed by atoms with Crippen molar-refractivity contribution in [2.24, 2.45) is 5.73 Å². The molecule has 3 heteroatoms. The van der Waals surface area contributed by atoms with Gasteiger partial charge in [0, 0.05) is 6.54 Å². The lowest BCUT2D eigenvalue weighted by molar-refractivity contribution is 0.588. The zero-order valence-electron chi connectivity index (χ0n) is 8.52. The number of nitrogens with one attached hydrogen (secondary N) is 2. The Balaban J connectivity index is 2.79. The van der Waals surface area contributed by atoms with E-state index < -0.39 is 0 Å². The number of rotatable bonds is 10. The van der Waals surface area contributed by atoms with Gasteiger partial charge < -0.3 is 16.4 Å². The van der Waals surface area contributed by atoms with Crippen molar-refractivity contribution < 1.29 is 0 Å². The van der Waals surface area contributed by atoms with Gasteiger partial charge in [0.05, 0.1) is 0 Å². The largest absolute Gasteiger partial charge is 0.330 e. The standard InChI is InChI=1S/C10H23N3/c1-2-7-12-9-5-10-13-8-4-3-6-11/h2,12-13H,1,3-11H2. The second-order valence-electron chi connectivity index (χ2n) is 3.09. The molecule has 3 nitrogen and oxygen atoms in total. The van der Waals surface area contributed by atoms with E-state index in [4.69, 9.17) is 5.73 Å². The normalized spacial score (nSPS) is 10.2. The van der Waals surface area contributed by atoms with Crippen molar-refractivity contribution in [1.29, 1.82) is 0 Å². The zero-order valence-corrected chi connectivity index (χ0v) is 8.52. The van der Waals surface area contributed by atoms with E-state index in [1.807, 2.05) is 6.08 Å². The van der Waals surface area contributed by atoms with Crippen LogP contribution in [0.25, 0.3) is 0 Å². The van der Waals surface area contributed by atoms with Gasteiger partial charge in [0.1, 0.15) is 0 Å². The summed E-state index contributed by atoms with van der Waals surface area (Å²) in [6.45, 7) is 8.61. The van der Waals surface area contributed by atoms with Gasteiger partial charge in [-0.3, -0.25) is 0 Å². The predicted octanol–water partition coefficient (Wildman–Crippen LogP) is 0.481. The molecule has 0 amide bonds. The van der Waals surface area contributed by atoms with Crippen LogP contribution in [0, 0.1) is 0 Å². The van der Waals surface area contributed by atoms with Crippen molar-refractivity contribution >= 4 is 0 Å². The van der Waals surface area contributed by atoms with Crippen molar-refractivity contribution in [2.75, 3.05) is 32.7 Å². The second kappa shape index (κ2) is 11.6. The molecule has 0 bridgehead atoms. The van der Waals surface area contributed by atoms with E-state index in [1.165, 1.54) is 12.8 Å². The van der Waals surface area contributed by atoms with Crippen LogP contribution in [-0.4, -0.2) is 32.7 Å². The van der Waals surface area contributed by atoms with Gasteiger partial charge >= 0.3 is 0 Å². The van der Waals surface area contributed by atoms with Gasteiger partial charge in [-0.05, 0) is 45.4 Å². The van der Waals surface area contributed by atoms with Crippen molar-refractivity contribution in [2.45, 2.75) is 19.3 Å². The van der Waals surface area contributed by atoms with Gasteiger partial charge in [0.25, 0.3) is 0 Å². The van der Waals surface area contributed by atoms with Crippen molar-refractivity contribution in [3.8, 4) is 0 Å². The molecule has 13 heavy (non-hydrogen) atoms. The molecule has 0 saturated carbocycles. The van der Waals surface area contributed by atoms with Crippen molar-refractivity contribution in [1.82, 2.24) is 10.6 Å². The Morgan fingerprint density at radius 2 is 1.69 bits per heavy atom. The highest BCUT2D eigenvalue weighted by Crippen LogP contribution is 1.82. The van der Waals surface area contributed by atoms with Crippen molar-refractivity contribution in [3.05, 3.63) is 12.7 Å². The van der Waals surface area contributed by atoms with Crippen LogP contribution in [0.2, 0.25) is 0 Å². The van der Waals surface area contributed by atoms with Crippen LogP contribution in [0.15, 0.2) is 12.7 Å². The third kappa shape index (κ3) is 11.6. The zero-order chi connectivity index (χ0) is 9.78. The quantitative estimate of drug-likeness (QED) is 0.343. The molecule has 0 unspecified atom stereocenters. The van der Waals surface area contributed by atoms with E-state index in [1.54, 1.807) is 0 Å². The summed E-state index contributed by atoms with van der Waals surface area (Å²) in [6.07, 6.45) is 5.38. The Morgan fingerprint density at radius 3 is 2.38 bits per heavy atom. The molecule has 0 fully saturated rings. The fraction of sp³-hybridized carbons (Fsp3) is 0.800. The lowest BCUT2D eigenvalue weighted by Gasteiger charge is -2.04. The van der Waals surface area contributed by atoms with Crippen LogP contribution in [0.1, 0.15) is 19.3 Å². The minimum absolute atomic E-state index is 0.808. The summed E-state index contributed by atoms with van der Waals surface area (Å²) < 4.78 is 0. The van der Waals surface area contributed by atoms with Crippen LogP contribution < -0.4 is 16.4 Å².